The molecule has 4 rings (SSSR count). The number of hydrogen-bond donors (Lipinski definition) is 2. The zero-order chi connectivity index (χ0) is 22.0. The lowest BCUT2D eigenvalue weighted by Gasteiger charge is -2.06. The first kappa shape index (κ1) is 20.4. The van der Waals surface area contributed by atoms with Gasteiger partial charge in [0.15, 0.2) is 9.84 Å². The second-order valence-electron chi connectivity index (χ2n) is 6.97. The van der Waals surface area contributed by atoms with Crippen molar-refractivity contribution in [3.05, 3.63) is 90.6 Å². The first-order valence-corrected chi connectivity index (χ1v) is 11.3. The van der Waals surface area contributed by atoms with Crippen LogP contribution in [-0.2, 0) is 9.84 Å². The molecule has 1 amide bonds. The van der Waals surface area contributed by atoms with Gasteiger partial charge >= 0.3 is 0 Å². The number of aromatic hydroxyl groups is 1. The van der Waals surface area contributed by atoms with E-state index in [-0.39, 0.29) is 16.6 Å². The molecule has 0 atom stereocenters. The van der Waals surface area contributed by atoms with Crippen LogP contribution in [-0.4, -0.2) is 35.5 Å². The molecule has 0 unspecified atom stereocenters. The van der Waals surface area contributed by atoms with Crippen LogP contribution in [0.4, 0.5) is 5.69 Å². The second kappa shape index (κ2) is 8.08. The summed E-state index contributed by atoms with van der Waals surface area (Å²) in [6.45, 7) is 0. The Morgan fingerprint density at radius 2 is 1.58 bits per heavy atom. The van der Waals surface area contributed by atoms with Gasteiger partial charge in [-0.2, -0.15) is 5.10 Å². The predicted molar refractivity (Wildman–Crippen MR) is 118 cm³/mol. The number of aromatic nitrogens is 2. The molecule has 1 heterocycles. The normalized spacial score (nSPS) is 11.3. The maximum absolute atomic E-state index is 13.0. The van der Waals surface area contributed by atoms with Gasteiger partial charge in [0.25, 0.3) is 5.91 Å². The SMILES string of the molecule is CS(=O)(=O)c1ccc(-c2nn(-c3ccccc3)cc2C(=O)Nc2ccc(O)cc2)cc1. The van der Waals surface area contributed by atoms with E-state index in [4.69, 9.17) is 0 Å². The van der Waals surface area contributed by atoms with Crippen LogP contribution in [0.3, 0.4) is 0 Å². The monoisotopic (exact) mass is 433 g/mol. The Labute approximate surface area is 179 Å². The largest absolute Gasteiger partial charge is 0.508 e. The van der Waals surface area contributed by atoms with E-state index in [2.05, 4.69) is 10.4 Å². The average molecular weight is 433 g/mol. The number of phenols is 1. The van der Waals surface area contributed by atoms with E-state index in [9.17, 15) is 18.3 Å². The molecule has 7 nitrogen and oxygen atoms in total. The molecule has 0 fully saturated rings. The van der Waals surface area contributed by atoms with E-state index in [1.165, 1.54) is 24.3 Å². The van der Waals surface area contributed by atoms with Gasteiger partial charge in [0.1, 0.15) is 11.4 Å². The molecule has 0 aliphatic heterocycles. The number of carbonyl (C=O) groups excluding carboxylic acids is 1. The van der Waals surface area contributed by atoms with Crippen molar-refractivity contribution in [1.29, 1.82) is 0 Å². The van der Waals surface area contributed by atoms with Crippen molar-refractivity contribution in [2.75, 3.05) is 11.6 Å². The number of nitrogens with one attached hydrogen (secondary N) is 1. The molecule has 0 aliphatic rings. The number of sulfone groups is 1. The van der Waals surface area contributed by atoms with E-state index in [1.54, 1.807) is 35.1 Å². The van der Waals surface area contributed by atoms with E-state index in [0.29, 0.717) is 22.5 Å². The molecule has 0 radical (unpaired) electrons. The van der Waals surface area contributed by atoms with Crippen LogP contribution in [0.25, 0.3) is 16.9 Å². The lowest BCUT2D eigenvalue weighted by atomic mass is 10.1. The van der Waals surface area contributed by atoms with Gasteiger partial charge in [0, 0.05) is 23.7 Å². The minimum absolute atomic E-state index is 0.0987. The summed E-state index contributed by atoms with van der Waals surface area (Å²) in [7, 11) is -3.34. The van der Waals surface area contributed by atoms with Gasteiger partial charge in [-0.05, 0) is 48.5 Å². The van der Waals surface area contributed by atoms with Crippen LogP contribution < -0.4 is 5.32 Å². The third-order valence-electron chi connectivity index (χ3n) is 4.66. The number of rotatable bonds is 5. The first-order valence-electron chi connectivity index (χ1n) is 9.37. The van der Waals surface area contributed by atoms with E-state index < -0.39 is 9.84 Å². The van der Waals surface area contributed by atoms with Crippen LogP contribution in [0.1, 0.15) is 10.4 Å². The number of nitrogens with zero attached hydrogens (tertiary/aromatic N) is 2. The second-order valence-corrected chi connectivity index (χ2v) is 8.98. The lowest BCUT2D eigenvalue weighted by molar-refractivity contribution is 0.102. The lowest BCUT2D eigenvalue weighted by Crippen LogP contribution is -2.12. The van der Waals surface area contributed by atoms with Gasteiger partial charge in [0.2, 0.25) is 0 Å². The van der Waals surface area contributed by atoms with Gasteiger partial charge in [-0.1, -0.05) is 30.3 Å². The number of para-hydroxylation sites is 1. The van der Waals surface area contributed by atoms with Crippen molar-refractivity contribution < 1.29 is 18.3 Å². The minimum Gasteiger partial charge on any atom is -0.508 e. The summed E-state index contributed by atoms with van der Waals surface area (Å²) in [4.78, 5) is 13.2. The maximum atomic E-state index is 13.0. The Hall–Kier alpha value is -3.91. The molecule has 4 aromatic rings. The van der Waals surface area contributed by atoms with Crippen LogP contribution >= 0.6 is 0 Å². The van der Waals surface area contributed by atoms with E-state index >= 15 is 0 Å². The molecule has 1 aromatic heterocycles. The van der Waals surface area contributed by atoms with Crippen molar-refractivity contribution in [2.24, 2.45) is 0 Å². The summed E-state index contributed by atoms with van der Waals surface area (Å²) in [5, 5.41) is 16.8. The molecule has 31 heavy (non-hydrogen) atoms. The van der Waals surface area contributed by atoms with Crippen LogP contribution in [0, 0.1) is 0 Å². The third kappa shape index (κ3) is 4.49. The summed E-state index contributed by atoms with van der Waals surface area (Å²) in [6, 6.07) is 21.7. The molecule has 0 saturated carbocycles. The Balaban J connectivity index is 1.76. The molecular weight excluding hydrogens is 414 g/mol. The minimum atomic E-state index is -3.34. The molecule has 8 heteroatoms. The average Bonchev–Trinajstić information content (AvgIpc) is 3.21. The molecule has 156 valence electrons. The molecule has 3 aromatic carbocycles. The van der Waals surface area contributed by atoms with Crippen molar-refractivity contribution >= 4 is 21.4 Å². The Kier molecular flexibility index (Phi) is 5.31. The molecule has 2 N–H and O–H groups in total. The quantitative estimate of drug-likeness (QED) is 0.465. The topological polar surface area (TPSA) is 101 Å². The van der Waals surface area contributed by atoms with Gasteiger partial charge < -0.3 is 10.4 Å². The molecular formula is C23H19N3O4S. The number of hydrogen-bond acceptors (Lipinski definition) is 5. The number of phenolic OH excluding ortho intramolecular Hbond substituents is 1. The van der Waals surface area contributed by atoms with Crippen molar-refractivity contribution in [3.63, 3.8) is 0 Å². The van der Waals surface area contributed by atoms with E-state index in [0.717, 1.165) is 11.9 Å². The number of carbonyl (C=O) groups is 1. The van der Waals surface area contributed by atoms with E-state index in [1.807, 2.05) is 30.3 Å². The van der Waals surface area contributed by atoms with Crippen LogP contribution in [0.2, 0.25) is 0 Å². The van der Waals surface area contributed by atoms with Crippen LogP contribution in [0.15, 0.2) is 90.0 Å². The Morgan fingerprint density at radius 3 is 2.19 bits per heavy atom. The maximum Gasteiger partial charge on any atom is 0.259 e. The summed E-state index contributed by atoms with van der Waals surface area (Å²) in [5.41, 5.74) is 2.65. The fourth-order valence-corrected chi connectivity index (χ4v) is 3.70. The molecule has 0 spiro atoms. The standard InChI is InChI=1S/C23H19N3O4S/c1-31(29,30)20-13-7-16(8-14-20)22-21(15-26(25-22)18-5-3-2-4-6-18)23(28)24-17-9-11-19(27)12-10-17/h2-15,27H,1H3,(H,24,28). The highest BCUT2D eigenvalue weighted by molar-refractivity contribution is 7.90. The Morgan fingerprint density at radius 1 is 0.935 bits per heavy atom. The first-order chi connectivity index (χ1) is 14.8. The van der Waals surface area contributed by atoms with Gasteiger partial charge in [-0.3, -0.25) is 4.79 Å². The van der Waals surface area contributed by atoms with Crippen LogP contribution in [0.5, 0.6) is 5.75 Å². The number of anilines is 1. The van der Waals surface area contributed by atoms with Gasteiger partial charge in [-0.15, -0.1) is 0 Å². The molecule has 0 bridgehead atoms. The van der Waals surface area contributed by atoms with Crippen molar-refractivity contribution in [1.82, 2.24) is 9.78 Å². The van der Waals surface area contributed by atoms with Crippen molar-refractivity contribution in [3.8, 4) is 22.7 Å². The Bertz CT molecular complexity index is 1330. The zero-order valence-corrected chi connectivity index (χ0v) is 17.4. The highest BCUT2D eigenvalue weighted by Gasteiger charge is 2.19. The summed E-state index contributed by atoms with van der Waals surface area (Å²) >= 11 is 0. The highest BCUT2D eigenvalue weighted by atomic mass is 32.2. The zero-order valence-electron chi connectivity index (χ0n) is 16.6. The highest BCUT2D eigenvalue weighted by Crippen LogP contribution is 2.26. The fourth-order valence-electron chi connectivity index (χ4n) is 3.07. The fraction of sp³-hybridized carbons (Fsp3) is 0.0435. The molecule has 0 saturated heterocycles. The number of amides is 1. The van der Waals surface area contributed by atoms with Crippen molar-refractivity contribution in [2.45, 2.75) is 4.90 Å². The molecule has 0 aliphatic carbocycles. The number of benzene rings is 3. The smallest absolute Gasteiger partial charge is 0.259 e. The predicted octanol–water partition coefficient (Wildman–Crippen LogP) is 3.90. The summed E-state index contributed by atoms with van der Waals surface area (Å²) in [5.74, 6) is -0.281. The van der Waals surface area contributed by atoms with Gasteiger partial charge in [0.05, 0.1) is 16.1 Å². The van der Waals surface area contributed by atoms with Gasteiger partial charge in [-0.25, -0.2) is 13.1 Å². The third-order valence-corrected chi connectivity index (χ3v) is 5.79. The summed E-state index contributed by atoms with van der Waals surface area (Å²) in [6.07, 6.45) is 2.77. The summed E-state index contributed by atoms with van der Waals surface area (Å²) < 4.78 is 25.1.